The van der Waals surface area contributed by atoms with Crippen LogP contribution in [0.4, 0.5) is 14.5 Å². The van der Waals surface area contributed by atoms with E-state index in [1.54, 1.807) is 17.0 Å². The van der Waals surface area contributed by atoms with Crippen LogP contribution in [0.2, 0.25) is 0 Å². The zero-order valence-electron chi connectivity index (χ0n) is 13.5. The van der Waals surface area contributed by atoms with Crippen LogP contribution in [0.5, 0.6) is 0 Å². The van der Waals surface area contributed by atoms with E-state index in [9.17, 15) is 22.0 Å². The predicted octanol–water partition coefficient (Wildman–Crippen LogP) is -0.0202. The molecule has 2 aliphatic heterocycles. The molecular formula is C15H20F2N4O3S. The van der Waals surface area contributed by atoms with Crippen molar-refractivity contribution in [3.05, 3.63) is 24.3 Å². The molecular weight excluding hydrogens is 354 g/mol. The molecule has 1 aromatic rings. The number of anilines is 1. The highest BCUT2D eigenvalue weighted by Crippen LogP contribution is 2.26. The number of rotatable bonds is 3. The van der Waals surface area contributed by atoms with Crippen molar-refractivity contribution in [1.29, 1.82) is 0 Å². The number of halogens is 2. The summed E-state index contributed by atoms with van der Waals surface area (Å²) in [6.07, 6.45) is -0.457. The van der Waals surface area contributed by atoms with Crippen LogP contribution in [0.1, 0.15) is 6.42 Å². The largest absolute Gasteiger partial charge is 0.368 e. The Morgan fingerprint density at radius 1 is 1.16 bits per heavy atom. The summed E-state index contributed by atoms with van der Waals surface area (Å²) in [4.78, 5) is 16.0. The van der Waals surface area contributed by atoms with Gasteiger partial charge in [-0.15, -0.1) is 0 Å². The van der Waals surface area contributed by atoms with Crippen molar-refractivity contribution in [2.24, 2.45) is 5.14 Å². The summed E-state index contributed by atoms with van der Waals surface area (Å²) >= 11 is 0. The van der Waals surface area contributed by atoms with Gasteiger partial charge in [-0.25, -0.2) is 22.3 Å². The van der Waals surface area contributed by atoms with Crippen molar-refractivity contribution in [3.8, 4) is 0 Å². The van der Waals surface area contributed by atoms with Gasteiger partial charge < -0.3 is 9.80 Å². The lowest BCUT2D eigenvalue weighted by molar-refractivity contribution is -0.134. The third-order valence-corrected chi connectivity index (χ3v) is 5.46. The van der Waals surface area contributed by atoms with Gasteiger partial charge in [-0.1, -0.05) is 0 Å². The van der Waals surface area contributed by atoms with Crippen LogP contribution < -0.4 is 15.4 Å². The summed E-state index contributed by atoms with van der Waals surface area (Å²) in [5.41, 5.74) is 0.824. The van der Waals surface area contributed by atoms with Gasteiger partial charge in [0.2, 0.25) is 15.9 Å². The molecule has 138 valence electrons. The molecule has 7 nitrogen and oxygen atoms in total. The molecule has 1 atom stereocenters. The molecule has 2 saturated heterocycles. The predicted molar refractivity (Wildman–Crippen MR) is 88.0 cm³/mol. The highest BCUT2D eigenvalue weighted by atomic mass is 32.2. The Morgan fingerprint density at radius 2 is 1.76 bits per heavy atom. The number of nitrogens with one attached hydrogen (secondary N) is 1. The van der Waals surface area contributed by atoms with Gasteiger partial charge in [-0.2, -0.15) is 0 Å². The maximum Gasteiger partial charge on any atom is 0.262 e. The van der Waals surface area contributed by atoms with Crippen LogP contribution in [0.15, 0.2) is 29.2 Å². The van der Waals surface area contributed by atoms with E-state index >= 15 is 0 Å². The normalized spacial score (nSPS) is 23.7. The van der Waals surface area contributed by atoms with Crippen molar-refractivity contribution in [2.45, 2.75) is 23.3 Å². The number of alkyl halides is 2. The smallest absolute Gasteiger partial charge is 0.262 e. The van der Waals surface area contributed by atoms with Crippen molar-refractivity contribution in [1.82, 2.24) is 10.2 Å². The Morgan fingerprint density at radius 3 is 2.24 bits per heavy atom. The van der Waals surface area contributed by atoms with E-state index in [-0.39, 0.29) is 10.8 Å². The summed E-state index contributed by atoms with van der Waals surface area (Å²) < 4.78 is 49.0. The standard InChI is InChI=1S/C15H20F2N4O3S/c16-15(17)9-13(19-10-15)14(22)21-7-5-20(6-8-21)11-1-3-12(4-2-11)25(18,23)24/h1-4,13,19H,5-10H2,(H2,18,23,24). The summed E-state index contributed by atoms with van der Waals surface area (Å²) in [5, 5.41) is 7.65. The molecule has 10 heteroatoms. The molecule has 0 bridgehead atoms. The summed E-state index contributed by atoms with van der Waals surface area (Å²) in [7, 11) is -3.73. The van der Waals surface area contributed by atoms with Crippen LogP contribution in [0, 0.1) is 0 Å². The molecule has 1 unspecified atom stereocenters. The van der Waals surface area contributed by atoms with E-state index in [2.05, 4.69) is 5.32 Å². The SMILES string of the molecule is NS(=O)(=O)c1ccc(N2CCN(C(=O)C3CC(F)(F)CN3)CC2)cc1. The lowest BCUT2D eigenvalue weighted by Gasteiger charge is -2.37. The van der Waals surface area contributed by atoms with Crippen LogP contribution in [0.25, 0.3) is 0 Å². The zero-order valence-corrected chi connectivity index (χ0v) is 14.3. The van der Waals surface area contributed by atoms with Gasteiger partial charge in [0.1, 0.15) is 0 Å². The molecule has 1 aromatic carbocycles. The van der Waals surface area contributed by atoms with Gasteiger partial charge >= 0.3 is 0 Å². The second-order valence-corrected chi connectivity index (χ2v) is 7.91. The molecule has 2 aliphatic rings. The minimum Gasteiger partial charge on any atom is -0.368 e. The number of carbonyl (C=O) groups is 1. The molecule has 0 spiro atoms. The maximum absolute atomic E-state index is 13.2. The number of sulfonamides is 1. The first kappa shape index (κ1) is 18.0. The second-order valence-electron chi connectivity index (χ2n) is 6.34. The Hall–Kier alpha value is -1.78. The number of nitrogens with two attached hydrogens (primary N) is 1. The van der Waals surface area contributed by atoms with Gasteiger partial charge in [0.05, 0.1) is 17.5 Å². The lowest BCUT2D eigenvalue weighted by atomic mass is 10.1. The van der Waals surface area contributed by atoms with Crippen molar-refractivity contribution >= 4 is 21.6 Å². The van der Waals surface area contributed by atoms with Crippen molar-refractivity contribution in [3.63, 3.8) is 0 Å². The Bertz CT molecular complexity index is 747. The molecule has 0 aliphatic carbocycles. The number of hydrogen-bond donors (Lipinski definition) is 2. The van der Waals surface area contributed by atoms with Crippen molar-refractivity contribution < 1.29 is 22.0 Å². The second kappa shape index (κ2) is 6.50. The first-order valence-corrected chi connectivity index (χ1v) is 9.48. The fourth-order valence-electron chi connectivity index (χ4n) is 3.14. The average molecular weight is 374 g/mol. The van der Waals surface area contributed by atoms with Crippen molar-refractivity contribution in [2.75, 3.05) is 37.6 Å². The van der Waals surface area contributed by atoms with E-state index in [1.165, 1.54) is 12.1 Å². The molecule has 0 saturated carbocycles. The molecule has 1 amide bonds. The summed E-state index contributed by atoms with van der Waals surface area (Å²) in [6, 6.07) is 5.38. The Labute approximate surface area is 144 Å². The highest BCUT2D eigenvalue weighted by Gasteiger charge is 2.43. The number of nitrogens with zero attached hydrogens (tertiary/aromatic N) is 2. The molecule has 3 rings (SSSR count). The Balaban J connectivity index is 1.58. The minimum atomic E-state index is -3.73. The third kappa shape index (κ3) is 4.07. The van der Waals surface area contributed by atoms with Gasteiger partial charge in [0.15, 0.2) is 0 Å². The minimum absolute atomic E-state index is 0.0401. The van der Waals surface area contributed by atoms with Crippen LogP contribution in [0.3, 0.4) is 0 Å². The molecule has 2 fully saturated rings. The molecule has 2 heterocycles. The number of benzene rings is 1. The van der Waals surface area contributed by atoms with E-state index < -0.39 is 35.0 Å². The van der Waals surface area contributed by atoms with Crippen LogP contribution >= 0.6 is 0 Å². The monoisotopic (exact) mass is 374 g/mol. The van der Waals surface area contributed by atoms with E-state index in [0.717, 1.165) is 5.69 Å². The lowest BCUT2D eigenvalue weighted by Crippen LogP contribution is -2.53. The van der Waals surface area contributed by atoms with Crippen LogP contribution in [-0.4, -0.2) is 63.9 Å². The number of piperazine rings is 1. The molecule has 3 N–H and O–H groups in total. The number of primary sulfonamides is 1. The van der Waals surface area contributed by atoms with Gasteiger partial charge in [-0.3, -0.25) is 10.1 Å². The average Bonchev–Trinajstić information content (AvgIpc) is 2.94. The Kier molecular flexibility index (Phi) is 4.69. The number of amides is 1. The first-order chi connectivity index (χ1) is 11.7. The van der Waals surface area contributed by atoms with Gasteiger partial charge in [-0.05, 0) is 24.3 Å². The van der Waals surface area contributed by atoms with E-state index in [4.69, 9.17) is 5.14 Å². The number of hydrogen-bond acceptors (Lipinski definition) is 5. The topological polar surface area (TPSA) is 95.7 Å². The van der Waals surface area contributed by atoms with Gasteiger partial charge in [0.25, 0.3) is 5.92 Å². The quantitative estimate of drug-likeness (QED) is 0.775. The summed E-state index contributed by atoms with van der Waals surface area (Å²) in [5.74, 6) is -3.12. The fraction of sp³-hybridized carbons (Fsp3) is 0.533. The zero-order chi connectivity index (χ0) is 18.2. The van der Waals surface area contributed by atoms with E-state index in [1.807, 2.05) is 4.90 Å². The highest BCUT2D eigenvalue weighted by molar-refractivity contribution is 7.89. The fourth-order valence-corrected chi connectivity index (χ4v) is 3.66. The molecule has 25 heavy (non-hydrogen) atoms. The van der Waals surface area contributed by atoms with E-state index in [0.29, 0.717) is 26.2 Å². The maximum atomic E-state index is 13.2. The third-order valence-electron chi connectivity index (χ3n) is 4.53. The number of carbonyl (C=O) groups excluding carboxylic acids is 1. The van der Waals surface area contributed by atoms with Crippen LogP contribution in [-0.2, 0) is 14.8 Å². The molecule has 0 radical (unpaired) electrons. The summed E-state index contributed by atoms with van der Waals surface area (Å²) in [6.45, 7) is 1.49. The molecule has 0 aromatic heterocycles. The van der Waals surface area contributed by atoms with Gasteiger partial charge in [0, 0.05) is 38.3 Å². The first-order valence-electron chi connectivity index (χ1n) is 7.93.